The molecule has 0 aliphatic heterocycles. The van der Waals surface area contributed by atoms with Crippen LogP contribution in [0.4, 0.5) is 0 Å². The number of hydrogen-bond donors (Lipinski definition) is 1. The Kier molecular flexibility index (Phi) is 6.08. The van der Waals surface area contributed by atoms with Gasteiger partial charge in [-0.25, -0.2) is 8.42 Å². The summed E-state index contributed by atoms with van der Waals surface area (Å²) in [5.41, 5.74) is 0.930. The molecule has 0 aliphatic rings. The number of hydrogen-bond acceptors (Lipinski definition) is 5. The van der Waals surface area contributed by atoms with Gasteiger partial charge in [-0.3, -0.25) is 9.48 Å². The number of nitrogens with zero attached hydrogens (tertiary/aromatic N) is 2. The number of amides is 1. The molecular weight excluding hydrogens is 382 g/mol. The minimum atomic E-state index is -3.20. The predicted molar refractivity (Wildman–Crippen MR) is 106 cm³/mol. The van der Waals surface area contributed by atoms with E-state index in [1.54, 1.807) is 41.8 Å². The molecule has 3 aromatic rings. The monoisotopic (exact) mass is 403 g/mol. The molecule has 27 heavy (non-hydrogen) atoms. The predicted octanol–water partition coefficient (Wildman–Crippen LogP) is 2.69. The molecule has 8 heteroatoms. The number of carbonyl (C=O) groups is 1. The molecule has 1 amide bonds. The van der Waals surface area contributed by atoms with Crippen molar-refractivity contribution in [2.75, 3.05) is 12.8 Å². The van der Waals surface area contributed by atoms with Crippen molar-refractivity contribution in [3.05, 3.63) is 70.7 Å². The quantitative estimate of drug-likeness (QED) is 0.627. The van der Waals surface area contributed by atoms with Crippen LogP contribution < -0.4 is 5.32 Å². The number of thiophene rings is 1. The van der Waals surface area contributed by atoms with Crippen LogP contribution in [0.3, 0.4) is 0 Å². The summed E-state index contributed by atoms with van der Waals surface area (Å²) in [6.45, 7) is 0.466. The van der Waals surface area contributed by atoms with Crippen LogP contribution in [0.15, 0.2) is 65.1 Å². The maximum atomic E-state index is 12.3. The van der Waals surface area contributed by atoms with E-state index in [0.29, 0.717) is 19.4 Å². The van der Waals surface area contributed by atoms with Gasteiger partial charge in [0.25, 0.3) is 0 Å². The number of aromatic nitrogens is 2. The molecule has 0 unspecified atom stereocenters. The minimum Gasteiger partial charge on any atom is -0.354 e. The second-order valence-corrected chi connectivity index (χ2v) is 9.23. The number of nitrogens with one attached hydrogen (secondary N) is 1. The van der Waals surface area contributed by atoms with E-state index in [1.165, 1.54) is 6.26 Å². The highest BCUT2D eigenvalue weighted by Gasteiger charge is 2.16. The summed E-state index contributed by atoms with van der Waals surface area (Å²) in [7, 11) is -3.20. The molecule has 3 rings (SSSR count). The molecule has 142 valence electrons. The summed E-state index contributed by atoms with van der Waals surface area (Å²) in [4.78, 5) is 13.7. The first-order valence-corrected chi connectivity index (χ1v) is 11.3. The fraction of sp³-hybridized carbons (Fsp3) is 0.263. The molecule has 0 saturated heterocycles. The highest BCUT2D eigenvalue weighted by Crippen LogP contribution is 2.22. The number of sulfone groups is 1. The first-order valence-electron chi connectivity index (χ1n) is 8.52. The fourth-order valence-corrected chi connectivity index (χ4v) is 4.18. The van der Waals surface area contributed by atoms with Crippen molar-refractivity contribution < 1.29 is 13.2 Å². The van der Waals surface area contributed by atoms with Gasteiger partial charge in [-0.05, 0) is 41.6 Å². The highest BCUT2D eigenvalue weighted by atomic mass is 32.2. The molecule has 1 N–H and O–H groups in total. The first kappa shape index (κ1) is 19.3. The molecule has 1 atom stereocenters. The number of rotatable bonds is 8. The normalized spacial score (nSPS) is 12.6. The SMILES string of the molecule is CS(=O)(=O)c1ccc(CCC(=O)NC[C@H](c2cccs2)n2cccn2)cc1. The van der Waals surface area contributed by atoms with Gasteiger partial charge >= 0.3 is 0 Å². The third-order valence-electron chi connectivity index (χ3n) is 4.20. The van der Waals surface area contributed by atoms with E-state index in [-0.39, 0.29) is 16.8 Å². The van der Waals surface area contributed by atoms with Crippen molar-refractivity contribution in [2.45, 2.75) is 23.8 Å². The van der Waals surface area contributed by atoms with Crippen LogP contribution in [-0.2, 0) is 21.1 Å². The average Bonchev–Trinajstić information content (AvgIpc) is 3.34. The zero-order valence-electron chi connectivity index (χ0n) is 14.9. The van der Waals surface area contributed by atoms with Gasteiger partial charge in [0.15, 0.2) is 9.84 Å². The third-order valence-corrected chi connectivity index (χ3v) is 6.30. The molecule has 1 aromatic carbocycles. The summed E-state index contributed by atoms with van der Waals surface area (Å²) in [6.07, 6.45) is 5.69. The highest BCUT2D eigenvalue weighted by molar-refractivity contribution is 7.90. The van der Waals surface area contributed by atoms with Crippen LogP contribution in [0.1, 0.15) is 22.9 Å². The van der Waals surface area contributed by atoms with Crippen LogP contribution in [0, 0.1) is 0 Å². The van der Waals surface area contributed by atoms with Crippen molar-refractivity contribution in [3.8, 4) is 0 Å². The Balaban J connectivity index is 1.54. The second kappa shape index (κ2) is 8.49. The van der Waals surface area contributed by atoms with E-state index in [1.807, 2.05) is 34.5 Å². The molecular formula is C19H21N3O3S2. The lowest BCUT2D eigenvalue weighted by Gasteiger charge is -2.17. The Bertz CT molecular complexity index is 930. The summed E-state index contributed by atoms with van der Waals surface area (Å²) in [6, 6.07) is 12.5. The summed E-state index contributed by atoms with van der Waals surface area (Å²) < 4.78 is 24.8. The standard InChI is InChI=1S/C19H21N3O3S2/c1-27(24,25)16-8-5-15(6-9-16)7-10-19(23)20-14-17(18-4-2-13-26-18)22-12-3-11-21-22/h2-6,8-9,11-13,17H,7,10,14H2,1H3,(H,20,23)/t17-/m1/s1. The average molecular weight is 404 g/mol. The first-order chi connectivity index (χ1) is 12.9. The van der Waals surface area contributed by atoms with Gasteiger partial charge in [-0.15, -0.1) is 11.3 Å². The van der Waals surface area contributed by atoms with Gasteiger partial charge in [0.05, 0.1) is 4.90 Å². The summed E-state index contributed by atoms with van der Waals surface area (Å²) in [5.74, 6) is -0.0455. The molecule has 6 nitrogen and oxygen atoms in total. The van der Waals surface area contributed by atoms with Crippen molar-refractivity contribution in [3.63, 3.8) is 0 Å². The molecule has 0 aliphatic carbocycles. The van der Waals surface area contributed by atoms with Crippen molar-refractivity contribution in [2.24, 2.45) is 0 Å². The van der Waals surface area contributed by atoms with E-state index in [0.717, 1.165) is 10.4 Å². The lowest BCUT2D eigenvalue weighted by atomic mass is 10.1. The van der Waals surface area contributed by atoms with E-state index in [4.69, 9.17) is 0 Å². The minimum absolute atomic E-state index is 0.0296. The number of carbonyl (C=O) groups excluding carboxylic acids is 1. The Morgan fingerprint density at radius 1 is 1.22 bits per heavy atom. The van der Waals surface area contributed by atoms with Crippen LogP contribution >= 0.6 is 11.3 Å². The molecule has 0 spiro atoms. The van der Waals surface area contributed by atoms with Gasteiger partial charge in [0.1, 0.15) is 6.04 Å². The topological polar surface area (TPSA) is 81.1 Å². The second-order valence-electron chi connectivity index (χ2n) is 6.24. The summed E-state index contributed by atoms with van der Waals surface area (Å²) >= 11 is 1.63. The maximum absolute atomic E-state index is 12.3. The van der Waals surface area contributed by atoms with Crippen LogP contribution in [0.5, 0.6) is 0 Å². The van der Waals surface area contributed by atoms with Crippen molar-refractivity contribution >= 4 is 27.1 Å². The lowest BCUT2D eigenvalue weighted by Crippen LogP contribution is -2.31. The van der Waals surface area contributed by atoms with Gasteiger partial charge in [-0.2, -0.15) is 5.10 Å². The molecule has 0 saturated carbocycles. The zero-order chi connectivity index (χ0) is 19.3. The molecule has 0 radical (unpaired) electrons. The Morgan fingerprint density at radius 3 is 2.59 bits per heavy atom. The molecule has 0 bridgehead atoms. The van der Waals surface area contributed by atoms with E-state index in [9.17, 15) is 13.2 Å². The van der Waals surface area contributed by atoms with Crippen molar-refractivity contribution in [1.29, 1.82) is 0 Å². The number of aryl methyl sites for hydroxylation is 1. The lowest BCUT2D eigenvalue weighted by molar-refractivity contribution is -0.121. The van der Waals surface area contributed by atoms with Gasteiger partial charge < -0.3 is 5.32 Å². The maximum Gasteiger partial charge on any atom is 0.220 e. The Labute approximate surface area is 162 Å². The molecule has 2 aromatic heterocycles. The van der Waals surface area contributed by atoms with Crippen LogP contribution in [0.2, 0.25) is 0 Å². The molecule has 2 heterocycles. The van der Waals surface area contributed by atoms with E-state index in [2.05, 4.69) is 10.4 Å². The smallest absolute Gasteiger partial charge is 0.220 e. The zero-order valence-corrected chi connectivity index (χ0v) is 16.5. The Hall–Kier alpha value is -2.45. The van der Waals surface area contributed by atoms with E-state index < -0.39 is 9.84 Å². The Morgan fingerprint density at radius 2 is 2.00 bits per heavy atom. The van der Waals surface area contributed by atoms with E-state index >= 15 is 0 Å². The fourth-order valence-electron chi connectivity index (χ4n) is 2.73. The van der Waals surface area contributed by atoms with Gasteiger partial charge in [0.2, 0.25) is 5.91 Å². The van der Waals surface area contributed by atoms with Crippen LogP contribution in [0.25, 0.3) is 0 Å². The van der Waals surface area contributed by atoms with Crippen LogP contribution in [-0.4, -0.2) is 36.9 Å². The number of benzene rings is 1. The molecule has 0 fully saturated rings. The van der Waals surface area contributed by atoms with Gasteiger partial charge in [0, 0.05) is 36.5 Å². The van der Waals surface area contributed by atoms with Gasteiger partial charge in [-0.1, -0.05) is 18.2 Å². The summed E-state index contributed by atoms with van der Waals surface area (Å²) in [5, 5.41) is 9.28. The largest absolute Gasteiger partial charge is 0.354 e. The van der Waals surface area contributed by atoms with Crippen molar-refractivity contribution in [1.82, 2.24) is 15.1 Å². The third kappa shape index (κ3) is 5.27.